The highest BCUT2D eigenvalue weighted by molar-refractivity contribution is 5.75. The van der Waals surface area contributed by atoms with Crippen LogP contribution in [0.2, 0.25) is 0 Å². The summed E-state index contributed by atoms with van der Waals surface area (Å²) in [7, 11) is 0. The first-order valence-corrected chi connectivity index (χ1v) is 6.05. The second kappa shape index (κ2) is 5.38. The molecule has 2 amide bonds. The van der Waals surface area contributed by atoms with E-state index in [-0.39, 0.29) is 17.9 Å². The van der Waals surface area contributed by atoms with Crippen LogP contribution in [0.15, 0.2) is 0 Å². The molecule has 0 unspecified atom stereocenters. The van der Waals surface area contributed by atoms with Gasteiger partial charge in [-0.3, -0.25) is 4.79 Å². The molecule has 5 heteroatoms. The number of likely N-dealkylation sites (tertiary alicyclic amines) is 1. The minimum atomic E-state index is -0.823. The predicted molar refractivity (Wildman–Crippen MR) is 64.8 cm³/mol. The summed E-state index contributed by atoms with van der Waals surface area (Å²) in [6.45, 7) is 8.57. The molecule has 98 valence electrons. The van der Waals surface area contributed by atoms with Crippen LogP contribution >= 0.6 is 0 Å². The molecule has 2 N–H and O–H groups in total. The number of rotatable bonds is 4. The third-order valence-electron chi connectivity index (χ3n) is 3.24. The van der Waals surface area contributed by atoms with Crippen molar-refractivity contribution in [3.8, 4) is 0 Å². The van der Waals surface area contributed by atoms with Gasteiger partial charge in [0, 0.05) is 26.1 Å². The molecule has 0 bridgehead atoms. The third kappa shape index (κ3) is 4.24. The van der Waals surface area contributed by atoms with Crippen molar-refractivity contribution in [1.29, 1.82) is 0 Å². The van der Waals surface area contributed by atoms with Gasteiger partial charge in [-0.1, -0.05) is 20.8 Å². The van der Waals surface area contributed by atoms with Crippen molar-refractivity contribution in [3.05, 3.63) is 0 Å². The standard InChI is InChI=1S/C12H22N2O3/c1-12(2,3)9-7-14(8-9)11(17)13-6-4-5-10(15)16/h9H,4-8H2,1-3H3,(H,13,17)(H,15,16). The summed E-state index contributed by atoms with van der Waals surface area (Å²) in [4.78, 5) is 23.7. The summed E-state index contributed by atoms with van der Waals surface area (Å²) in [5.74, 6) is -0.261. The quantitative estimate of drug-likeness (QED) is 0.735. The maximum atomic E-state index is 11.6. The van der Waals surface area contributed by atoms with Crippen molar-refractivity contribution in [2.75, 3.05) is 19.6 Å². The molecule has 5 nitrogen and oxygen atoms in total. The van der Waals surface area contributed by atoms with Crippen molar-refractivity contribution in [2.45, 2.75) is 33.6 Å². The van der Waals surface area contributed by atoms with Gasteiger partial charge in [0.1, 0.15) is 0 Å². The molecule has 1 saturated heterocycles. The van der Waals surface area contributed by atoms with Crippen LogP contribution < -0.4 is 5.32 Å². The molecule has 1 fully saturated rings. The van der Waals surface area contributed by atoms with Gasteiger partial charge in [-0.05, 0) is 17.8 Å². The number of carboxylic acid groups (broad SMARTS) is 1. The van der Waals surface area contributed by atoms with Crippen LogP contribution in [0.5, 0.6) is 0 Å². The maximum absolute atomic E-state index is 11.6. The van der Waals surface area contributed by atoms with Crippen molar-refractivity contribution in [2.24, 2.45) is 11.3 Å². The number of nitrogens with zero attached hydrogens (tertiary/aromatic N) is 1. The number of carboxylic acids is 1. The Labute approximate surface area is 102 Å². The minimum Gasteiger partial charge on any atom is -0.481 e. The Hall–Kier alpha value is -1.26. The number of carbonyl (C=O) groups excluding carboxylic acids is 1. The zero-order valence-electron chi connectivity index (χ0n) is 10.8. The van der Waals surface area contributed by atoms with Crippen LogP contribution in [0.1, 0.15) is 33.6 Å². The van der Waals surface area contributed by atoms with E-state index < -0.39 is 5.97 Å². The summed E-state index contributed by atoms with van der Waals surface area (Å²) in [6.07, 6.45) is 0.586. The highest BCUT2D eigenvalue weighted by Crippen LogP contribution is 2.33. The molecule has 0 radical (unpaired) electrons. The van der Waals surface area contributed by atoms with Crippen LogP contribution in [0.4, 0.5) is 4.79 Å². The lowest BCUT2D eigenvalue weighted by Crippen LogP contribution is -2.57. The van der Waals surface area contributed by atoms with Gasteiger partial charge in [0.05, 0.1) is 0 Å². The van der Waals surface area contributed by atoms with Crippen LogP contribution in [-0.4, -0.2) is 41.6 Å². The molecule has 0 aromatic rings. The summed E-state index contributed by atoms with van der Waals surface area (Å²) < 4.78 is 0. The summed E-state index contributed by atoms with van der Waals surface area (Å²) in [5.41, 5.74) is 0.250. The fraction of sp³-hybridized carbons (Fsp3) is 0.833. The highest BCUT2D eigenvalue weighted by Gasteiger charge is 2.37. The van der Waals surface area contributed by atoms with Gasteiger partial charge in [-0.2, -0.15) is 0 Å². The van der Waals surface area contributed by atoms with Gasteiger partial charge in [0.25, 0.3) is 0 Å². The number of nitrogens with one attached hydrogen (secondary N) is 1. The van der Waals surface area contributed by atoms with E-state index in [2.05, 4.69) is 26.1 Å². The molecule has 1 aliphatic heterocycles. The first-order chi connectivity index (χ1) is 7.80. The molecule has 1 aliphatic rings. The minimum absolute atomic E-state index is 0.0733. The van der Waals surface area contributed by atoms with Gasteiger partial charge in [0.15, 0.2) is 0 Å². The Bertz CT molecular complexity index is 291. The SMILES string of the molecule is CC(C)(C)C1CN(C(=O)NCCCC(=O)O)C1. The van der Waals surface area contributed by atoms with Crippen LogP contribution in [0, 0.1) is 11.3 Å². The average Bonchev–Trinajstić information content (AvgIpc) is 2.07. The van der Waals surface area contributed by atoms with Crippen molar-refractivity contribution >= 4 is 12.0 Å². The summed E-state index contributed by atoms with van der Waals surface area (Å²) >= 11 is 0. The molecule has 0 atom stereocenters. The molecule has 0 aromatic heterocycles. The average molecular weight is 242 g/mol. The van der Waals surface area contributed by atoms with Gasteiger partial charge in [-0.15, -0.1) is 0 Å². The van der Waals surface area contributed by atoms with Crippen molar-refractivity contribution in [1.82, 2.24) is 10.2 Å². The monoisotopic (exact) mass is 242 g/mol. The molecule has 0 aromatic carbocycles. The van der Waals surface area contributed by atoms with Gasteiger partial charge >= 0.3 is 12.0 Å². The number of urea groups is 1. The number of carbonyl (C=O) groups is 2. The first-order valence-electron chi connectivity index (χ1n) is 6.05. The molecule has 17 heavy (non-hydrogen) atoms. The fourth-order valence-electron chi connectivity index (χ4n) is 1.74. The predicted octanol–water partition coefficient (Wildman–Crippen LogP) is 1.54. The zero-order chi connectivity index (χ0) is 13.1. The number of amides is 2. The van der Waals surface area contributed by atoms with Gasteiger partial charge in [0.2, 0.25) is 0 Å². The lowest BCUT2D eigenvalue weighted by atomic mass is 9.76. The van der Waals surface area contributed by atoms with Crippen LogP contribution in [0.25, 0.3) is 0 Å². The van der Waals surface area contributed by atoms with E-state index in [9.17, 15) is 9.59 Å². The van der Waals surface area contributed by atoms with E-state index in [4.69, 9.17) is 5.11 Å². The van der Waals surface area contributed by atoms with Gasteiger partial charge in [-0.25, -0.2) is 4.79 Å². The molecular weight excluding hydrogens is 220 g/mol. The molecule has 1 rings (SSSR count). The lowest BCUT2D eigenvalue weighted by molar-refractivity contribution is -0.137. The van der Waals surface area contributed by atoms with Gasteiger partial charge < -0.3 is 15.3 Å². The maximum Gasteiger partial charge on any atom is 0.317 e. The smallest absolute Gasteiger partial charge is 0.317 e. The molecule has 0 aliphatic carbocycles. The number of aliphatic carboxylic acids is 1. The van der Waals surface area contributed by atoms with Crippen LogP contribution in [-0.2, 0) is 4.79 Å². The Kier molecular flexibility index (Phi) is 4.37. The second-order valence-corrected chi connectivity index (χ2v) is 5.70. The summed E-state index contributed by atoms with van der Waals surface area (Å²) in [6, 6.07) is -0.0733. The van der Waals surface area contributed by atoms with E-state index in [1.165, 1.54) is 0 Å². The Morgan fingerprint density at radius 3 is 2.41 bits per heavy atom. The number of hydrogen-bond acceptors (Lipinski definition) is 2. The van der Waals surface area contributed by atoms with Crippen LogP contribution in [0.3, 0.4) is 0 Å². The molecular formula is C12H22N2O3. The van der Waals surface area contributed by atoms with E-state index in [1.54, 1.807) is 4.90 Å². The zero-order valence-corrected chi connectivity index (χ0v) is 10.8. The van der Waals surface area contributed by atoms with Crippen molar-refractivity contribution < 1.29 is 14.7 Å². The van der Waals surface area contributed by atoms with E-state index in [0.29, 0.717) is 18.9 Å². The largest absolute Gasteiger partial charge is 0.481 e. The van der Waals surface area contributed by atoms with E-state index in [1.807, 2.05) is 0 Å². The van der Waals surface area contributed by atoms with E-state index >= 15 is 0 Å². The molecule has 1 heterocycles. The highest BCUT2D eigenvalue weighted by atomic mass is 16.4. The lowest BCUT2D eigenvalue weighted by Gasteiger charge is -2.46. The summed E-state index contributed by atoms with van der Waals surface area (Å²) in [5, 5.41) is 11.2. The Morgan fingerprint density at radius 2 is 1.94 bits per heavy atom. The number of hydrogen-bond donors (Lipinski definition) is 2. The van der Waals surface area contributed by atoms with Crippen molar-refractivity contribution in [3.63, 3.8) is 0 Å². The topological polar surface area (TPSA) is 69.6 Å². The first kappa shape index (κ1) is 13.8. The van der Waals surface area contributed by atoms with E-state index in [0.717, 1.165) is 13.1 Å². The normalized spacial score (nSPS) is 16.5. The fourth-order valence-corrected chi connectivity index (χ4v) is 1.74. The Balaban J connectivity index is 2.13. The second-order valence-electron chi connectivity index (χ2n) is 5.70. The molecule has 0 spiro atoms. The third-order valence-corrected chi connectivity index (χ3v) is 3.24. The molecule has 0 saturated carbocycles. The Morgan fingerprint density at radius 1 is 1.35 bits per heavy atom.